The van der Waals surface area contributed by atoms with Gasteiger partial charge in [-0.25, -0.2) is 57.5 Å². The van der Waals surface area contributed by atoms with Crippen molar-refractivity contribution in [3.8, 4) is 74.7 Å². The minimum Gasteiger partial charge on any atom is -0.496 e. The maximum Gasteiger partial charge on any atom is 0.347 e. The van der Waals surface area contributed by atoms with Gasteiger partial charge >= 0.3 is 71.6 Å². The minimum atomic E-state index is -0.881. The molecule has 0 amide bonds. The number of ether oxygens (including phenoxy) is 21. The SMILES string of the molecule is C=CC(=O)Oc1ccc(C(=O)Oc2ccc(C(=O)O[C@@H]3CO[C@H]4[C@@H]3OC[C@H]4OC(=O)c3ccc(OC(=O)c4cc(C)c(OC(=O)C=C)cc4C)cc3OC)c(OC)c2)cc1C.C=CC(=O)Oc1ccc(C(=O)Oc2ccc(C(=O)O[C@@H]3CO[C@H]4[C@@H]3OC[C@H]4OC(=O)c3ccc(OC(=O)c4cc(C)c(OC(=O)C=C)cc4OC)cc3OC)c(OC)c2)cc1C. The number of fused-ring (bicyclic) bond motifs is 2. The summed E-state index contributed by atoms with van der Waals surface area (Å²) in [4.78, 5) is 152. The number of rotatable bonds is 29. The number of benzene rings is 8. The van der Waals surface area contributed by atoms with Crippen molar-refractivity contribution in [1.29, 1.82) is 0 Å². The summed E-state index contributed by atoms with van der Waals surface area (Å²) in [5.74, 6) is -7.02. The molecule has 4 aliphatic rings. The lowest BCUT2D eigenvalue weighted by Gasteiger charge is -2.18. The number of hydrogen-bond acceptors (Lipinski definition) is 33. The number of hydrogen-bond donors (Lipinski definition) is 0. The molecule has 0 bridgehead atoms. The molecule has 4 fully saturated rings. The van der Waals surface area contributed by atoms with Gasteiger partial charge in [-0.2, -0.15) is 0 Å². The van der Waals surface area contributed by atoms with Crippen LogP contribution in [0.25, 0.3) is 0 Å². The van der Waals surface area contributed by atoms with Crippen molar-refractivity contribution in [2.75, 3.05) is 62.0 Å². The first kappa shape index (κ1) is 89.0. The van der Waals surface area contributed by atoms with Gasteiger partial charge in [-0.15, -0.1) is 0 Å². The van der Waals surface area contributed by atoms with Crippen LogP contribution < -0.4 is 61.6 Å². The maximum atomic E-state index is 13.4. The zero-order chi connectivity index (χ0) is 88.6. The monoisotopic (exact) mass is 1690 g/mol. The smallest absolute Gasteiger partial charge is 0.347 e. The fourth-order valence-corrected chi connectivity index (χ4v) is 12.9. The Kier molecular flexibility index (Phi) is 28.8. The second kappa shape index (κ2) is 39.8. The normalized spacial score (nSPS) is 17.4. The largest absolute Gasteiger partial charge is 0.496 e. The Hall–Kier alpha value is -14.8. The highest BCUT2D eigenvalue weighted by molar-refractivity contribution is 5.99. The van der Waals surface area contributed by atoms with Crippen LogP contribution in [-0.4, -0.2) is 182 Å². The van der Waals surface area contributed by atoms with Crippen molar-refractivity contribution in [1.82, 2.24) is 0 Å². The van der Waals surface area contributed by atoms with Gasteiger partial charge in [0.15, 0.2) is 24.4 Å². The molecule has 0 aliphatic carbocycles. The second-order valence-corrected chi connectivity index (χ2v) is 27.2. The second-order valence-electron chi connectivity index (χ2n) is 27.2. The molecule has 123 heavy (non-hydrogen) atoms. The van der Waals surface area contributed by atoms with Crippen LogP contribution in [0.2, 0.25) is 0 Å². The topological polar surface area (TPSA) is 399 Å². The lowest BCUT2D eigenvalue weighted by Crippen LogP contribution is -2.36. The number of aryl methyl sites for hydroxylation is 5. The van der Waals surface area contributed by atoms with Gasteiger partial charge in [0.05, 0.1) is 78.7 Å². The molecule has 4 saturated heterocycles. The summed E-state index contributed by atoms with van der Waals surface area (Å²) in [6, 6.07) is 31.2. The number of esters is 12. The molecule has 4 heterocycles. The fraction of sp³-hybridized carbons (Fsp3) is 0.244. The van der Waals surface area contributed by atoms with Crippen LogP contribution in [0.15, 0.2) is 184 Å². The maximum absolute atomic E-state index is 13.4. The third-order valence-corrected chi connectivity index (χ3v) is 19.2. The van der Waals surface area contributed by atoms with E-state index in [0.29, 0.717) is 27.8 Å². The van der Waals surface area contributed by atoms with Crippen LogP contribution in [0, 0.1) is 34.6 Å². The number of carbonyl (C=O) groups excluding carboxylic acids is 12. The standard InChI is InChI=1S/C45H40O17.C45H40O16/c1-8-38(46)59-31-15-10-25(16-23(31)3)42(48)57-26-11-13-28(33(18-26)52-5)43(49)61-36-21-55-41-37(22-56-40(36)41)62-44(50)29-14-12-27(19-34(29)53-6)58-45(51)30-17-24(4)32(20-35(30)54-7)60-39(47)9-2;1-8-38(46)58-32-15-10-26(16-24(32)4)42(48)56-27-11-13-29(34(19-27)52-6)43(49)60-36-21-54-41-37(22-55-40(36)41)61-44(50)30-14-12-28(20-35(30)53-7)57-45(51)31-17-25(5)33(18-23(31)3)59-39(47)9-2/h8-20,36-37,40-41H,1-2,21-22H2,3-7H3;8-20,36-37,40-41H,1-2,21-22H2,3-7H3/t2*36-,37-,40-,41-/m11/s1. The van der Waals surface area contributed by atoms with E-state index >= 15 is 0 Å². The molecule has 0 spiro atoms. The average Bonchev–Trinajstić information content (AvgIpc) is 1.67. The summed E-state index contributed by atoms with van der Waals surface area (Å²) in [5, 5.41) is 0. The van der Waals surface area contributed by atoms with Gasteiger partial charge in [0.2, 0.25) is 0 Å². The van der Waals surface area contributed by atoms with E-state index in [0.717, 1.165) is 24.3 Å². The number of carbonyl (C=O) groups is 12. The summed E-state index contributed by atoms with van der Waals surface area (Å²) < 4.78 is 116. The van der Waals surface area contributed by atoms with Gasteiger partial charge < -0.3 is 99.5 Å². The Bertz CT molecular complexity index is 5560. The molecule has 8 aromatic rings. The highest BCUT2D eigenvalue weighted by Crippen LogP contribution is 2.39. The van der Waals surface area contributed by atoms with Gasteiger partial charge in [0.1, 0.15) is 127 Å². The van der Waals surface area contributed by atoms with E-state index in [2.05, 4.69) is 26.3 Å². The zero-order valence-electron chi connectivity index (χ0n) is 67.8. The molecule has 0 saturated carbocycles. The van der Waals surface area contributed by atoms with Gasteiger partial charge in [-0.1, -0.05) is 26.3 Å². The molecule has 0 unspecified atom stereocenters. The average molecular weight is 1690 g/mol. The Morgan fingerprint density at radius 3 is 0.813 bits per heavy atom. The molecule has 33 nitrogen and oxygen atoms in total. The zero-order valence-corrected chi connectivity index (χ0v) is 67.8. The molecule has 638 valence electrons. The lowest BCUT2D eigenvalue weighted by molar-refractivity contribution is -0.129. The number of methoxy groups -OCH3 is 5. The van der Waals surface area contributed by atoms with Crippen molar-refractivity contribution in [2.24, 2.45) is 0 Å². The van der Waals surface area contributed by atoms with E-state index in [-0.39, 0.29) is 146 Å². The van der Waals surface area contributed by atoms with Crippen molar-refractivity contribution in [2.45, 2.75) is 83.5 Å². The Balaban J connectivity index is 0.000000240. The van der Waals surface area contributed by atoms with E-state index < -0.39 is 120 Å². The van der Waals surface area contributed by atoms with Gasteiger partial charge in [0.25, 0.3) is 0 Å². The minimum absolute atomic E-state index is 0.0133. The van der Waals surface area contributed by atoms with Gasteiger partial charge in [-0.3, -0.25) is 0 Å². The van der Waals surface area contributed by atoms with Crippen LogP contribution in [0.4, 0.5) is 0 Å². The third kappa shape index (κ3) is 21.1. The summed E-state index contributed by atoms with van der Waals surface area (Å²) in [6.45, 7) is 21.5. The van der Waals surface area contributed by atoms with E-state index in [9.17, 15) is 57.5 Å². The molecule has 33 heteroatoms. The van der Waals surface area contributed by atoms with E-state index in [4.69, 9.17) is 99.5 Å². The molecular weight excluding hydrogens is 1610 g/mol. The quantitative estimate of drug-likeness (QED) is 0.0182. The predicted octanol–water partition coefficient (Wildman–Crippen LogP) is 11.3. The lowest BCUT2D eigenvalue weighted by atomic mass is 10.0. The molecule has 0 radical (unpaired) electrons. The molecule has 4 aliphatic heterocycles. The highest BCUT2D eigenvalue weighted by atomic mass is 16.7. The van der Waals surface area contributed by atoms with Crippen LogP contribution >= 0.6 is 0 Å². The van der Waals surface area contributed by atoms with Crippen LogP contribution in [0.5, 0.6) is 74.7 Å². The summed E-state index contributed by atoms with van der Waals surface area (Å²) >= 11 is 0. The highest BCUT2D eigenvalue weighted by Gasteiger charge is 2.53. The van der Waals surface area contributed by atoms with Crippen molar-refractivity contribution < 1.29 is 157 Å². The Morgan fingerprint density at radius 1 is 0.260 bits per heavy atom. The summed E-state index contributed by atoms with van der Waals surface area (Å²) in [7, 11) is 6.67. The first-order valence-electron chi connectivity index (χ1n) is 37.3. The van der Waals surface area contributed by atoms with Crippen LogP contribution in [0.1, 0.15) is 111 Å². The third-order valence-electron chi connectivity index (χ3n) is 19.2. The molecular formula is C90H80O33. The fourth-order valence-electron chi connectivity index (χ4n) is 12.9. The molecule has 8 aromatic carbocycles. The Morgan fingerprint density at radius 2 is 0.520 bits per heavy atom. The van der Waals surface area contributed by atoms with Gasteiger partial charge in [-0.05, 0) is 166 Å². The predicted molar refractivity (Wildman–Crippen MR) is 427 cm³/mol. The molecule has 12 rings (SSSR count). The summed E-state index contributed by atoms with van der Waals surface area (Å²) in [5.41, 5.74) is 3.27. The summed E-state index contributed by atoms with van der Waals surface area (Å²) in [6.07, 6.45) is -2.48. The van der Waals surface area contributed by atoms with Crippen molar-refractivity contribution >= 4 is 71.6 Å². The van der Waals surface area contributed by atoms with E-state index in [1.165, 1.54) is 163 Å². The van der Waals surface area contributed by atoms with Crippen molar-refractivity contribution in [3.05, 3.63) is 256 Å². The van der Waals surface area contributed by atoms with E-state index in [1.807, 2.05) is 0 Å². The molecule has 0 aromatic heterocycles. The molecule has 0 N–H and O–H groups in total. The Labute approximate surface area is 702 Å². The first-order valence-corrected chi connectivity index (χ1v) is 37.3. The molecule has 8 atom stereocenters. The van der Waals surface area contributed by atoms with Crippen molar-refractivity contribution in [3.63, 3.8) is 0 Å². The van der Waals surface area contributed by atoms with Crippen LogP contribution in [-0.2, 0) is 57.1 Å². The van der Waals surface area contributed by atoms with Gasteiger partial charge in [0, 0.05) is 54.6 Å². The first-order chi connectivity index (χ1) is 59.0. The van der Waals surface area contributed by atoms with Crippen LogP contribution in [0.3, 0.4) is 0 Å². The van der Waals surface area contributed by atoms with E-state index in [1.54, 1.807) is 40.7 Å².